The van der Waals surface area contributed by atoms with E-state index in [1.165, 1.54) is 17.5 Å². The van der Waals surface area contributed by atoms with Gasteiger partial charge in [-0.3, -0.25) is 4.79 Å². The summed E-state index contributed by atoms with van der Waals surface area (Å²) in [6.45, 7) is 3.87. The number of hydrogen-bond acceptors (Lipinski definition) is 3. The topological polar surface area (TPSA) is 60.9 Å². The minimum atomic E-state index is -0.176. The molecule has 0 spiro atoms. The van der Waals surface area contributed by atoms with Gasteiger partial charge in [-0.25, -0.2) is 4.68 Å². The van der Waals surface area contributed by atoms with E-state index in [2.05, 4.69) is 5.10 Å². The van der Waals surface area contributed by atoms with E-state index in [4.69, 9.17) is 5.73 Å². The van der Waals surface area contributed by atoms with Crippen LogP contribution in [-0.4, -0.2) is 9.78 Å². The normalized spacial score (nSPS) is 16.2. The first-order valence-corrected chi connectivity index (χ1v) is 4.99. The monoisotopic (exact) mass is 193 g/mol. The second kappa shape index (κ2) is 3.12. The van der Waals surface area contributed by atoms with E-state index in [-0.39, 0.29) is 11.6 Å². The number of anilines is 1. The molecule has 1 aliphatic rings. The lowest BCUT2D eigenvalue weighted by Crippen LogP contribution is -2.27. The summed E-state index contributed by atoms with van der Waals surface area (Å²) in [5, 5.41) is 4.32. The van der Waals surface area contributed by atoms with Crippen LogP contribution < -0.4 is 11.3 Å². The van der Waals surface area contributed by atoms with Crippen molar-refractivity contribution in [2.24, 2.45) is 0 Å². The quantitative estimate of drug-likeness (QED) is 0.769. The Bertz CT molecular complexity index is 404. The fraction of sp³-hybridized carbons (Fsp3) is 0.600. The van der Waals surface area contributed by atoms with E-state index in [1.54, 1.807) is 6.07 Å². The largest absolute Gasteiger partial charge is 0.394 e. The van der Waals surface area contributed by atoms with Gasteiger partial charge < -0.3 is 5.73 Å². The van der Waals surface area contributed by atoms with Crippen LogP contribution >= 0.6 is 0 Å². The van der Waals surface area contributed by atoms with Gasteiger partial charge in [0.25, 0.3) is 5.56 Å². The van der Waals surface area contributed by atoms with Gasteiger partial charge in [0.05, 0.1) is 11.7 Å². The van der Waals surface area contributed by atoms with Crippen molar-refractivity contribution in [3.05, 3.63) is 22.1 Å². The Kier molecular flexibility index (Phi) is 2.06. The molecule has 4 heteroatoms. The molecule has 2 N–H and O–H groups in total. The predicted octanol–water partition coefficient (Wildman–Crippen LogP) is 1.28. The van der Waals surface area contributed by atoms with Crippen molar-refractivity contribution in [1.82, 2.24) is 9.78 Å². The van der Waals surface area contributed by atoms with Crippen LogP contribution in [0.4, 0.5) is 5.69 Å². The summed E-state index contributed by atoms with van der Waals surface area (Å²) in [6.07, 6.45) is 2.34. The fourth-order valence-corrected chi connectivity index (χ4v) is 1.48. The first-order valence-electron chi connectivity index (χ1n) is 4.99. The lowest BCUT2D eigenvalue weighted by molar-refractivity contribution is 0.495. The molecule has 1 aliphatic carbocycles. The van der Waals surface area contributed by atoms with Gasteiger partial charge in [-0.2, -0.15) is 5.10 Å². The third-order valence-corrected chi connectivity index (χ3v) is 2.47. The Morgan fingerprint density at radius 3 is 2.71 bits per heavy atom. The summed E-state index contributed by atoms with van der Waals surface area (Å²) in [5.41, 5.74) is 6.76. The standard InChI is InChI=1S/C10H15N3O/c1-6(2)13-10(14)8(11)5-9(12-13)7-3-4-7/h5-7H,3-4,11H2,1-2H3. The van der Waals surface area contributed by atoms with E-state index in [0.717, 1.165) is 5.69 Å². The molecule has 0 aliphatic heterocycles. The number of nitrogens with zero attached hydrogens (tertiary/aromatic N) is 2. The smallest absolute Gasteiger partial charge is 0.290 e. The Labute approximate surface area is 82.7 Å². The van der Waals surface area contributed by atoms with Crippen LogP contribution in [0.15, 0.2) is 10.9 Å². The van der Waals surface area contributed by atoms with Crippen molar-refractivity contribution in [2.45, 2.75) is 38.6 Å². The minimum Gasteiger partial charge on any atom is -0.394 e. The highest BCUT2D eigenvalue weighted by molar-refractivity contribution is 5.37. The Balaban J connectivity index is 2.52. The average molecular weight is 193 g/mol. The molecule has 1 heterocycles. The van der Waals surface area contributed by atoms with Gasteiger partial charge in [0, 0.05) is 5.92 Å². The molecule has 14 heavy (non-hydrogen) atoms. The van der Waals surface area contributed by atoms with E-state index >= 15 is 0 Å². The molecule has 1 aromatic heterocycles. The molecule has 0 radical (unpaired) electrons. The van der Waals surface area contributed by atoms with Crippen LogP contribution in [-0.2, 0) is 0 Å². The van der Waals surface area contributed by atoms with E-state index in [9.17, 15) is 4.79 Å². The molecule has 2 rings (SSSR count). The van der Waals surface area contributed by atoms with Crippen molar-refractivity contribution in [3.8, 4) is 0 Å². The van der Waals surface area contributed by atoms with Crippen LogP contribution in [0.25, 0.3) is 0 Å². The summed E-state index contributed by atoms with van der Waals surface area (Å²) >= 11 is 0. The summed E-state index contributed by atoms with van der Waals surface area (Å²) < 4.78 is 1.48. The maximum Gasteiger partial charge on any atom is 0.290 e. The first-order chi connectivity index (χ1) is 6.59. The molecule has 1 fully saturated rings. The molecule has 0 atom stereocenters. The number of nitrogen functional groups attached to an aromatic ring is 1. The maximum absolute atomic E-state index is 11.6. The van der Waals surface area contributed by atoms with Crippen LogP contribution in [0.3, 0.4) is 0 Å². The van der Waals surface area contributed by atoms with E-state index in [1.807, 2.05) is 13.8 Å². The molecule has 1 saturated carbocycles. The zero-order valence-corrected chi connectivity index (χ0v) is 8.53. The molecule has 0 amide bonds. The second-order valence-electron chi connectivity index (χ2n) is 4.14. The molecular formula is C10H15N3O. The predicted molar refractivity (Wildman–Crippen MR) is 55.3 cm³/mol. The zero-order chi connectivity index (χ0) is 10.3. The lowest BCUT2D eigenvalue weighted by atomic mass is 10.2. The van der Waals surface area contributed by atoms with Gasteiger partial charge in [0.2, 0.25) is 0 Å². The van der Waals surface area contributed by atoms with Crippen LogP contribution in [0.2, 0.25) is 0 Å². The molecule has 0 unspecified atom stereocenters. The molecule has 4 nitrogen and oxygen atoms in total. The lowest BCUT2D eigenvalue weighted by Gasteiger charge is -2.10. The highest BCUT2D eigenvalue weighted by atomic mass is 16.1. The molecule has 0 aromatic carbocycles. The second-order valence-corrected chi connectivity index (χ2v) is 4.14. The highest BCUT2D eigenvalue weighted by Gasteiger charge is 2.26. The molecule has 1 aromatic rings. The van der Waals surface area contributed by atoms with Gasteiger partial charge in [0.15, 0.2) is 0 Å². The minimum absolute atomic E-state index is 0.0727. The average Bonchev–Trinajstić information content (AvgIpc) is 2.91. The summed E-state index contributed by atoms with van der Waals surface area (Å²) in [5.74, 6) is 0.530. The van der Waals surface area contributed by atoms with Crippen LogP contribution in [0.5, 0.6) is 0 Å². The Morgan fingerprint density at radius 1 is 1.57 bits per heavy atom. The number of nitrogens with two attached hydrogens (primary N) is 1. The van der Waals surface area contributed by atoms with Gasteiger partial charge >= 0.3 is 0 Å². The van der Waals surface area contributed by atoms with Gasteiger partial charge in [-0.15, -0.1) is 0 Å². The van der Waals surface area contributed by atoms with Crippen molar-refractivity contribution >= 4 is 5.69 Å². The summed E-state index contributed by atoms with van der Waals surface area (Å²) in [6, 6.07) is 1.79. The summed E-state index contributed by atoms with van der Waals surface area (Å²) in [4.78, 5) is 11.6. The van der Waals surface area contributed by atoms with Crippen molar-refractivity contribution in [2.75, 3.05) is 5.73 Å². The number of rotatable bonds is 2. The number of hydrogen-bond donors (Lipinski definition) is 1. The van der Waals surface area contributed by atoms with Crippen LogP contribution in [0, 0.1) is 0 Å². The van der Waals surface area contributed by atoms with Crippen LogP contribution in [0.1, 0.15) is 44.3 Å². The van der Waals surface area contributed by atoms with Gasteiger partial charge in [0.1, 0.15) is 5.69 Å². The first kappa shape index (κ1) is 9.24. The Hall–Kier alpha value is -1.32. The number of aromatic nitrogens is 2. The third-order valence-electron chi connectivity index (χ3n) is 2.47. The fourth-order valence-electron chi connectivity index (χ4n) is 1.48. The molecular weight excluding hydrogens is 178 g/mol. The van der Waals surface area contributed by atoms with E-state index in [0.29, 0.717) is 11.6 Å². The molecule has 0 saturated heterocycles. The Morgan fingerprint density at radius 2 is 2.21 bits per heavy atom. The highest BCUT2D eigenvalue weighted by Crippen LogP contribution is 2.38. The third kappa shape index (κ3) is 1.52. The maximum atomic E-state index is 11.6. The van der Waals surface area contributed by atoms with Gasteiger partial charge in [-0.05, 0) is 32.8 Å². The molecule has 0 bridgehead atoms. The van der Waals surface area contributed by atoms with Gasteiger partial charge in [-0.1, -0.05) is 0 Å². The molecule has 76 valence electrons. The van der Waals surface area contributed by atoms with Crippen molar-refractivity contribution < 1.29 is 0 Å². The van der Waals surface area contributed by atoms with Crippen molar-refractivity contribution in [1.29, 1.82) is 0 Å². The van der Waals surface area contributed by atoms with Crippen molar-refractivity contribution in [3.63, 3.8) is 0 Å². The zero-order valence-electron chi connectivity index (χ0n) is 8.53. The SMILES string of the molecule is CC(C)n1nc(C2CC2)cc(N)c1=O. The summed E-state index contributed by atoms with van der Waals surface area (Å²) in [7, 11) is 0. The van der Waals surface area contributed by atoms with E-state index < -0.39 is 0 Å².